The van der Waals surface area contributed by atoms with Gasteiger partial charge >= 0.3 is 0 Å². The molecule has 1 amide bonds. The Morgan fingerprint density at radius 1 is 1.50 bits per heavy atom. The summed E-state index contributed by atoms with van der Waals surface area (Å²) < 4.78 is 0. The maximum Gasteiger partial charge on any atom is 0.216 e. The lowest BCUT2D eigenvalue weighted by Gasteiger charge is -2.17. The number of nitrogens with one attached hydrogen (secondary N) is 2. The second kappa shape index (κ2) is 5.14. The predicted octanol–water partition coefficient (Wildman–Crippen LogP) is 0.162. The molecule has 5 nitrogen and oxygen atoms in total. The third kappa shape index (κ3) is 3.08. The number of aromatic amines is 1. The molecule has 1 rings (SSSR count). The van der Waals surface area contributed by atoms with Crippen LogP contribution < -0.4 is 5.32 Å². The normalized spacial score (nSPS) is 14.6. The molecule has 2 atom stereocenters. The second-order valence-electron chi connectivity index (χ2n) is 4.00. The molecule has 0 bridgehead atoms. The Labute approximate surface area is 94.5 Å². The summed E-state index contributed by atoms with van der Waals surface area (Å²) in [5.74, 6) is -0.231. The van der Waals surface area contributed by atoms with E-state index in [1.54, 1.807) is 0 Å². The fourth-order valence-corrected chi connectivity index (χ4v) is 1.61. The van der Waals surface area contributed by atoms with Crippen LogP contribution in [-0.4, -0.2) is 33.8 Å². The van der Waals surface area contributed by atoms with Crippen molar-refractivity contribution in [2.75, 3.05) is 6.54 Å². The molecule has 1 aromatic heterocycles. The molecule has 0 radical (unpaired) electrons. The summed E-state index contributed by atoms with van der Waals surface area (Å²) in [6, 6.07) is 1.89. The standard InChI is InChI=1S/C11H18N2O3/c1-6-4-7(2)13-10(6)11(16)9(15)5-12-8(3)14/h4,9,11,13,15-16H,5H2,1-3H3,(H,12,14). The van der Waals surface area contributed by atoms with Gasteiger partial charge < -0.3 is 20.5 Å². The first-order chi connectivity index (χ1) is 7.41. The van der Waals surface area contributed by atoms with E-state index in [9.17, 15) is 15.0 Å². The van der Waals surface area contributed by atoms with E-state index < -0.39 is 12.2 Å². The molecule has 2 unspecified atom stereocenters. The van der Waals surface area contributed by atoms with Crippen molar-refractivity contribution in [3.05, 3.63) is 23.0 Å². The SMILES string of the molecule is CC(=O)NCC(O)C(O)c1[nH]c(C)cc1C. The number of carbonyl (C=O) groups excluding carboxylic acids is 1. The van der Waals surface area contributed by atoms with Gasteiger partial charge in [-0.25, -0.2) is 0 Å². The van der Waals surface area contributed by atoms with Crippen LogP contribution in [0, 0.1) is 13.8 Å². The van der Waals surface area contributed by atoms with E-state index in [2.05, 4.69) is 10.3 Å². The van der Waals surface area contributed by atoms with Crippen molar-refractivity contribution >= 4 is 5.91 Å². The van der Waals surface area contributed by atoms with Crippen LogP contribution in [-0.2, 0) is 4.79 Å². The number of aliphatic hydroxyl groups excluding tert-OH is 2. The molecular weight excluding hydrogens is 208 g/mol. The van der Waals surface area contributed by atoms with Gasteiger partial charge in [-0.1, -0.05) is 0 Å². The summed E-state index contributed by atoms with van der Waals surface area (Å²) in [7, 11) is 0. The zero-order valence-corrected chi connectivity index (χ0v) is 9.74. The summed E-state index contributed by atoms with van der Waals surface area (Å²) in [4.78, 5) is 13.7. The van der Waals surface area contributed by atoms with Gasteiger partial charge in [0.25, 0.3) is 0 Å². The van der Waals surface area contributed by atoms with E-state index in [0.29, 0.717) is 5.69 Å². The van der Waals surface area contributed by atoms with Crippen LogP contribution in [0.4, 0.5) is 0 Å². The molecule has 1 heterocycles. The molecule has 16 heavy (non-hydrogen) atoms. The van der Waals surface area contributed by atoms with Gasteiger partial charge in [0.15, 0.2) is 0 Å². The Balaban J connectivity index is 2.66. The van der Waals surface area contributed by atoms with Crippen LogP contribution in [0.2, 0.25) is 0 Å². The number of rotatable bonds is 4. The summed E-state index contributed by atoms with van der Waals surface area (Å²) in [6.45, 7) is 5.13. The van der Waals surface area contributed by atoms with Crippen molar-refractivity contribution in [3.63, 3.8) is 0 Å². The third-order valence-electron chi connectivity index (χ3n) is 2.41. The molecule has 0 aliphatic carbocycles. The lowest BCUT2D eigenvalue weighted by Crippen LogP contribution is -2.34. The van der Waals surface area contributed by atoms with Gasteiger partial charge in [-0.2, -0.15) is 0 Å². The molecule has 4 N–H and O–H groups in total. The Kier molecular flexibility index (Phi) is 4.09. The Bertz CT molecular complexity index is 373. The molecule has 0 saturated carbocycles. The predicted molar refractivity (Wildman–Crippen MR) is 59.9 cm³/mol. The average Bonchev–Trinajstić information content (AvgIpc) is 2.53. The summed E-state index contributed by atoms with van der Waals surface area (Å²) >= 11 is 0. The number of hydrogen-bond acceptors (Lipinski definition) is 3. The Morgan fingerprint density at radius 3 is 2.56 bits per heavy atom. The molecular formula is C11H18N2O3. The summed E-state index contributed by atoms with van der Waals surface area (Å²) in [5.41, 5.74) is 2.42. The fraction of sp³-hybridized carbons (Fsp3) is 0.545. The topological polar surface area (TPSA) is 85.3 Å². The first-order valence-corrected chi connectivity index (χ1v) is 5.18. The van der Waals surface area contributed by atoms with E-state index in [0.717, 1.165) is 11.3 Å². The number of aliphatic hydroxyl groups is 2. The Morgan fingerprint density at radius 2 is 2.12 bits per heavy atom. The molecule has 0 aliphatic rings. The highest BCUT2D eigenvalue weighted by Gasteiger charge is 2.21. The molecule has 0 spiro atoms. The quantitative estimate of drug-likeness (QED) is 0.590. The molecule has 0 saturated heterocycles. The number of aryl methyl sites for hydroxylation is 2. The number of hydrogen-bond donors (Lipinski definition) is 4. The minimum atomic E-state index is -1.01. The van der Waals surface area contributed by atoms with Gasteiger partial charge in [0.2, 0.25) is 5.91 Å². The Hall–Kier alpha value is -1.33. The number of carbonyl (C=O) groups is 1. The second-order valence-corrected chi connectivity index (χ2v) is 4.00. The van der Waals surface area contributed by atoms with Crippen molar-refractivity contribution in [2.24, 2.45) is 0 Å². The zero-order chi connectivity index (χ0) is 12.3. The molecule has 5 heteroatoms. The highest BCUT2D eigenvalue weighted by molar-refractivity contribution is 5.72. The van der Waals surface area contributed by atoms with Gasteiger partial charge in [0.1, 0.15) is 12.2 Å². The molecule has 90 valence electrons. The van der Waals surface area contributed by atoms with Crippen molar-refractivity contribution in [2.45, 2.75) is 33.0 Å². The summed E-state index contributed by atoms with van der Waals surface area (Å²) in [6.07, 6.45) is -2.03. The van der Waals surface area contributed by atoms with Crippen LogP contribution in [0.15, 0.2) is 6.07 Å². The van der Waals surface area contributed by atoms with Crippen LogP contribution in [0.25, 0.3) is 0 Å². The third-order valence-corrected chi connectivity index (χ3v) is 2.41. The molecule has 1 aromatic rings. The monoisotopic (exact) mass is 226 g/mol. The highest BCUT2D eigenvalue weighted by Crippen LogP contribution is 2.20. The van der Waals surface area contributed by atoms with E-state index in [-0.39, 0.29) is 12.5 Å². The molecule has 0 aromatic carbocycles. The first-order valence-electron chi connectivity index (χ1n) is 5.18. The largest absolute Gasteiger partial charge is 0.388 e. The maximum atomic E-state index is 10.7. The van der Waals surface area contributed by atoms with Crippen molar-refractivity contribution in [1.29, 1.82) is 0 Å². The van der Waals surface area contributed by atoms with E-state index in [1.165, 1.54) is 6.92 Å². The van der Waals surface area contributed by atoms with Crippen molar-refractivity contribution in [1.82, 2.24) is 10.3 Å². The van der Waals surface area contributed by atoms with E-state index in [4.69, 9.17) is 0 Å². The van der Waals surface area contributed by atoms with Crippen LogP contribution >= 0.6 is 0 Å². The van der Waals surface area contributed by atoms with Crippen LogP contribution in [0.3, 0.4) is 0 Å². The number of aromatic nitrogens is 1. The van der Waals surface area contributed by atoms with Gasteiger partial charge in [-0.15, -0.1) is 0 Å². The lowest BCUT2D eigenvalue weighted by molar-refractivity contribution is -0.119. The van der Waals surface area contributed by atoms with E-state index >= 15 is 0 Å². The number of H-pyrrole nitrogens is 1. The lowest BCUT2D eigenvalue weighted by atomic mass is 10.1. The van der Waals surface area contributed by atoms with Gasteiger partial charge in [-0.05, 0) is 25.5 Å². The first kappa shape index (κ1) is 12.7. The van der Waals surface area contributed by atoms with Crippen LogP contribution in [0.5, 0.6) is 0 Å². The zero-order valence-electron chi connectivity index (χ0n) is 9.74. The van der Waals surface area contributed by atoms with Crippen molar-refractivity contribution < 1.29 is 15.0 Å². The summed E-state index contributed by atoms with van der Waals surface area (Å²) in [5, 5.41) is 22.0. The number of amides is 1. The fourth-order valence-electron chi connectivity index (χ4n) is 1.61. The van der Waals surface area contributed by atoms with E-state index in [1.807, 2.05) is 19.9 Å². The van der Waals surface area contributed by atoms with Gasteiger partial charge in [-0.3, -0.25) is 4.79 Å². The van der Waals surface area contributed by atoms with Crippen molar-refractivity contribution in [3.8, 4) is 0 Å². The minimum absolute atomic E-state index is 0.0357. The minimum Gasteiger partial charge on any atom is -0.388 e. The van der Waals surface area contributed by atoms with Gasteiger partial charge in [0.05, 0.1) is 0 Å². The van der Waals surface area contributed by atoms with Crippen LogP contribution in [0.1, 0.15) is 30.0 Å². The smallest absolute Gasteiger partial charge is 0.216 e. The van der Waals surface area contributed by atoms with Gasteiger partial charge in [0, 0.05) is 24.9 Å². The maximum absolute atomic E-state index is 10.7. The molecule has 0 aliphatic heterocycles. The molecule has 0 fully saturated rings. The average molecular weight is 226 g/mol. The highest BCUT2D eigenvalue weighted by atomic mass is 16.3.